The number of thiocarbonyl (C=S) groups is 1. The minimum Gasteiger partial charge on any atom is -0.457 e. The number of hydrogen-bond donors (Lipinski definition) is 1. The highest BCUT2D eigenvalue weighted by molar-refractivity contribution is 9.10. The number of carbonyl (C=O) groups is 2. The summed E-state index contributed by atoms with van der Waals surface area (Å²) < 4.78 is 6.81. The third-order valence-electron chi connectivity index (χ3n) is 4.96. The molecule has 0 unspecified atom stereocenters. The molecule has 2 amide bonds. The van der Waals surface area contributed by atoms with Gasteiger partial charge in [-0.25, -0.2) is 0 Å². The van der Waals surface area contributed by atoms with E-state index in [0.717, 1.165) is 21.2 Å². The molecule has 0 bridgehead atoms. The normalized spacial score (nSPS) is 15.6. The van der Waals surface area contributed by atoms with Crippen LogP contribution in [0.3, 0.4) is 0 Å². The summed E-state index contributed by atoms with van der Waals surface area (Å²) in [4.78, 5) is 27.0. The first-order chi connectivity index (χ1) is 14.3. The van der Waals surface area contributed by atoms with E-state index in [1.165, 1.54) is 11.0 Å². The Morgan fingerprint density at radius 3 is 2.50 bits per heavy atom. The highest BCUT2D eigenvalue weighted by Crippen LogP contribution is 2.29. The summed E-state index contributed by atoms with van der Waals surface area (Å²) in [5.41, 5.74) is 3.43. The summed E-state index contributed by atoms with van der Waals surface area (Å²) in [6.45, 7) is 3.87. The molecule has 1 saturated heterocycles. The van der Waals surface area contributed by atoms with Crippen LogP contribution in [-0.2, 0) is 9.59 Å². The van der Waals surface area contributed by atoms with Gasteiger partial charge in [0.1, 0.15) is 17.1 Å². The van der Waals surface area contributed by atoms with Gasteiger partial charge in [0.05, 0.1) is 5.69 Å². The molecule has 1 aromatic heterocycles. The van der Waals surface area contributed by atoms with Crippen molar-refractivity contribution in [1.29, 1.82) is 0 Å². The van der Waals surface area contributed by atoms with Crippen LogP contribution in [0.25, 0.3) is 17.4 Å². The van der Waals surface area contributed by atoms with E-state index >= 15 is 0 Å². The molecule has 0 spiro atoms. The van der Waals surface area contributed by atoms with Crippen LogP contribution in [-0.4, -0.2) is 16.9 Å². The number of carbonyl (C=O) groups excluding carboxylic acids is 2. The lowest BCUT2D eigenvalue weighted by Gasteiger charge is -2.30. The lowest BCUT2D eigenvalue weighted by atomic mass is 10.0. The maximum atomic E-state index is 13.2. The summed E-state index contributed by atoms with van der Waals surface area (Å²) in [6, 6.07) is 16.8. The fraction of sp³-hybridized carbons (Fsp3) is 0.0870. The molecule has 150 valence electrons. The quantitative estimate of drug-likeness (QED) is 0.319. The Hall–Kier alpha value is -3.03. The van der Waals surface area contributed by atoms with Crippen LogP contribution in [0.4, 0.5) is 5.69 Å². The smallest absolute Gasteiger partial charge is 0.270 e. The molecule has 0 saturated carbocycles. The van der Waals surface area contributed by atoms with E-state index in [1.54, 1.807) is 18.2 Å². The zero-order valence-corrected chi connectivity index (χ0v) is 18.6. The predicted octanol–water partition coefficient (Wildman–Crippen LogP) is 5.16. The molecule has 30 heavy (non-hydrogen) atoms. The molecule has 1 aliphatic heterocycles. The maximum Gasteiger partial charge on any atom is 0.270 e. The number of rotatable bonds is 3. The Balaban J connectivity index is 1.70. The number of nitrogens with one attached hydrogen (secondary N) is 1. The van der Waals surface area contributed by atoms with Gasteiger partial charge in [-0.15, -0.1) is 0 Å². The fourth-order valence-electron chi connectivity index (χ4n) is 3.20. The number of furan rings is 1. The van der Waals surface area contributed by atoms with Crippen molar-refractivity contribution in [1.82, 2.24) is 5.32 Å². The molecule has 5 nitrogen and oxygen atoms in total. The minimum absolute atomic E-state index is 0.0405. The Morgan fingerprint density at radius 2 is 1.77 bits per heavy atom. The predicted molar refractivity (Wildman–Crippen MR) is 124 cm³/mol. The van der Waals surface area contributed by atoms with E-state index in [1.807, 2.05) is 50.2 Å². The standard InChI is InChI=1S/C23H17BrN2O3S/c1-13-4-3-5-19(14(13)2)26-22(28)18(21(27)25-23(26)30)12-17-10-11-20(29-17)15-6-8-16(24)9-7-15/h3-12H,1-2H3,(H,25,27,30)/b18-12-. The molecule has 0 radical (unpaired) electrons. The van der Waals surface area contributed by atoms with Gasteiger partial charge in [0.25, 0.3) is 11.8 Å². The van der Waals surface area contributed by atoms with Gasteiger partial charge in [-0.2, -0.15) is 0 Å². The maximum absolute atomic E-state index is 13.2. The van der Waals surface area contributed by atoms with Gasteiger partial charge in [-0.3, -0.25) is 19.8 Å². The number of benzene rings is 2. The van der Waals surface area contributed by atoms with Crippen LogP contribution in [0.2, 0.25) is 0 Å². The van der Waals surface area contributed by atoms with Crippen LogP contribution < -0.4 is 10.2 Å². The summed E-state index contributed by atoms with van der Waals surface area (Å²) >= 11 is 8.68. The Kier molecular flexibility index (Phi) is 5.40. The van der Waals surface area contributed by atoms with Crippen molar-refractivity contribution in [2.24, 2.45) is 0 Å². The zero-order chi connectivity index (χ0) is 21.4. The topological polar surface area (TPSA) is 62.6 Å². The van der Waals surface area contributed by atoms with Gasteiger partial charge >= 0.3 is 0 Å². The van der Waals surface area contributed by atoms with Crippen LogP contribution >= 0.6 is 28.1 Å². The van der Waals surface area contributed by atoms with Crippen molar-refractivity contribution in [3.63, 3.8) is 0 Å². The number of nitrogens with zero attached hydrogens (tertiary/aromatic N) is 1. The monoisotopic (exact) mass is 480 g/mol. The highest BCUT2D eigenvalue weighted by atomic mass is 79.9. The molecule has 1 fully saturated rings. The van der Waals surface area contributed by atoms with Crippen molar-refractivity contribution < 1.29 is 14.0 Å². The molecule has 0 atom stereocenters. The van der Waals surface area contributed by atoms with Gasteiger partial charge in [-0.1, -0.05) is 40.2 Å². The Bertz CT molecular complexity index is 1210. The van der Waals surface area contributed by atoms with Crippen LogP contribution in [0, 0.1) is 13.8 Å². The van der Waals surface area contributed by atoms with Gasteiger partial charge in [-0.05, 0) is 73.6 Å². The minimum atomic E-state index is -0.548. The average Bonchev–Trinajstić information content (AvgIpc) is 3.17. The molecule has 1 aliphatic rings. The summed E-state index contributed by atoms with van der Waals surface area (Å²) in [7, 11) is 0. The number of amides is 2. The SMILES string of the molecule is Cc1cccc(N2C(=O)/C(=C\c3ccc(-c4ccc(Br)cc4)o3)C(=O)NC2=S)c1C. The molecule has 7 heteroatoms. The molecule has 1 N–H and O–H groups in total. The first kappa shape index (κ1) is 20.3. The highest BCUT2D eigenvalue weighted by Gasteiger charge is 2.35. The second-order valence-corrected chi connectivity index (χ2v) is 8.19. The Morgan fingerprint density at radius 1 is 1.03 bits per heavy atom. The molecule has 3 aromatic rings. The number of aryl methyl sites for hydroxylation is 1. The molecule has 2 heterocycles. The van der Waals surface area contributed by atoms with E-state index in [2.05, 4.69) is 21.2 Å². The zero-order valence-electron chi connectivity index (χ0n) is 16.2. The molecule has 2 aromatic carbocycles. The van der Waals surface area contributed by atoms with E-state index in [4.69, 9.17) is 16.6 Å². The molecular weight excluding hydrogens is 464 g/mol. The second-order valence-electron chi connectivity index (χ2n) is 6.89. The van der Waals surface area contributed by atoms with Crippen molar-refractivity contribution in [3.05, 3.63) is 81.5 Å². The van der Waals surface area contributed by atoms with Crippen LogP contribution in [0.1, 0.15) is 16.9 Å². The number of anilines is 1. The van der Waals surface area contributed by atoms with Crippen LogP contribution in [0.5, 0.6) is 0 Å². The van der Waals surface area contributed by atoms with Crippen molar-refractivity contribution in [2.75, 3.05) is 4.90 Å². The fourth-order valence-corrected chi connectivity index (χ4v) is 3.73. The van der Waals surface area contributed by atoms with Gasteiger partial charge in [0.15, 0.2) is 5.11 Å². The first-order valence-electron chi connectivity index (χ1n) is 9.18. The van der Waals surface area contributed by atoms with Crippen LogP contribution in [0.15, 0.2) is 69.1 Å². The van der Waals surface area contributed by atoms with E-state index < -0.39 is 11.8 Å². The lowest BCUT2D eigenvalue weighted by Crippen LogP contribution is -2.54. The molecular formula is C23H17BrN2O3S. The van der Waals surface area contributed by atoms with Gasteiger partial charge in [0, 0.05) is 10.0 Å². The van der Waals surface area contributed by atoms with E-state index in [9.17, 15) is 9.59 Å². The molecule has 0 aliphatic carbocycles. The molecule has 4 rings (SSSR count). The first-order valence-corrected chi connectivity index (χ1v) is 10.4. The van der Waals surface area contributed by atoms with E-state index in [-0.39, 0.29) is 10.7 Å². The second kappa shape index (κ2) is 8.01. The third-order valence-corrected chi connectivity index (χ3v) is 5.77. The van der Waals surface area contributed by atoms with Gasteiger partial charge < -0.3 is 4.42 Å². The third kappa shape index (κ3) is 3.74. The average molecular weight is 481 g/mol. The summed E-state index contributed by atoms with van der Waals surface area (Å²) in [5.74, 6) is 0.00672. The lowest BCUT2D eigenvalue weighted by molar-refractivity contribution is -0.122. The van der Waals surface area contributed by atoms with E-state index in [0.29, 0.717) is 17.2 Å². The largest absolute Gasteiger partial charge is 0.457 e. The summed E-state index contributed by atoms with van der Waals surface area (Å²) in [5, 5.41) is 2.66. The van der Waals surface area contributed by atoms with Crippen molar-refractivity contribution in [3.8, 4) is 11.3 Å². The summed E-state index contributed by atoms with van der Waals surface area (Å²) in [6.07, 6.45) is 1.44. The Labute approximate surface area is 187 Å². The van der Waals surface area contributed by atoms with Crippen molar-refractivity contribution in [2.45, 2.75) is 13.8 Å². The van der Waals surface area contributed by atoms with Crippen molar-refractivity contribution >= 4 is 56.8 Å². The number of halogens is 1. The number of hydrogen-bond acceptors (Lipinski definition) is 4. The van der Waals surface area contributed by atoms with Gasteiger partial charge in [0.2, 0.25) is 0 Å².